The van der Waals surface area contributed by atoms with Gasteiger partial charge in [0.15, 0.2) is 0 Å². The molecule has 0 unspecified atom stereocenters. The Kier molecular flexibility index (Phi) is 6.57. The van der Waals surface area contributed by atoms with Crippen molar-refractivity contribution in [2.75, 3.05) is 36.8 Å². The lowest BCUT2D eigenvalue weighted by molar-refractivity contribution is -0.384. The minimum Gasteiger partial charge on any atom is -0.368 e. The van der Waals surface area contributed by atoms with E-state index in [4.69, 9.17) is 0 Å². The summed E-state index contributed by atoms with van der Waals surface area (Å²) in [5, 5.41) is 10.8. The predicted molar refractivity (Wildman–Crippen MR) is 113 cm³/mol. The Morgan fingerprint density at radius 2 is 1.71 bits per heavy atom. The molecule has 1 heterocycles. The number of thioether (sulfide) groups is 1. The average Bonchev–Trinajstić information content (AvgIpc) is 2.71. The summed E-state index contributed by atoms with van der Waals surface area (Å²) < 4.78 is 0. The predicted octanol–water partition coefficient (Wildman–Crippen LogP) is 4.04. The molecular formula is C21H25N3O3S. The highest BCUT2D eigenvalue weighted by atomic mass is 32.2. The van der Waals surface area contributed by atoms with E-state index in [1.165, 1.54) is 28.2 Å². The van der Waals surface area contributed by atoms with E-state index in [1.807, 2.05) is 4.90 Å². The van der Waals surface area contributed by atoms with E-state index in [0.29, 0.717) is 19.5 Å². The van der Waals surface area contributed by atoms with Crippen molar-refractivity contribution in [1.82, 2.24) is 4.90 Å². The molecule has 6 nitrogen and oxygen atoms in total. The van der Waals surface area contributed by atoms with Gasteiger partial charge < -0.3 is 9.80 Å². The molecule has 3 rings (SSSR count). The molecule has 0 N–H and O–H groups in total. The Morgan fingerprint density at radius 1 is 1.04 bits per heavy atom. The summed E-state index contributed by atoms with van der Waals surface area (Å²) in [6.45, 7) is 7.06. The van der Waals surface area contributed by atoms with Gasteiger partial charge in [-0.15, -0.1) is 11.8 Å². The van der Waals surface area contributed by atoms with Crippen molar-refractivity contribution in [2.24, 2.45) is 0 Å². The largest absolute Gasteiger partial charge is 0.368 e. The number of nitro groups is 1. The standard InChI is InChI=1S/C21H25N3O3S/c1-16-3-8-20(15-17(16)2)28-14-9-21(25)23-12-10-22(11-13-23)18-4-6-19(7-5-18)24(26)27/h3-8,15H,9-14H2,1-2H3. The van der Waals surface area contributed by atoms with Gasteiger partial charge in [0.1, 0.15) is 0 Å². The molecule has 28 heavy (non-hydrogen) atoms. The molecule has 1 aliphatic rings. The Hall–Kier alpha value is -2.54. The van der Waals surface area contributed by atoms with Crippen molar-refractivity contribution in [3.8, 4) is 0 Å². The SMILES string of the molecule is Cc1ccc(SCCC(=O)N2CCN(c3ccc([N+](=O)[O-])cc3)CC2)cc1C. The Labute approximate surface area is 169 Å². The highest BCUT2D eigenvalue weighted by Gasteiger charge is 2.21. The molecule has 0 spiro atoms. The first-order valence-corrected chi connectivity index (χ1v) is 10.4. The van der Waals surface area contributed by atoms with Gasteiger partial charge in [-0.3, -0.25) is 14.9 Å². The van der Waals surface area contributed by atoms with Gasteiger partial charge in [0.2, 0.25) is 5.91 Å². The van der Waals surface area contributed by atoms with Gasteiger partial charge in [0.25, 0.3) is 5.69 Å². The quantitative estimate of drug-likeness (QED) is 0.417. The first-order valence-electron chi connectivity index (χ1n) is 9.41. The number of rotatable bonds is 6. The molecule has 7 heteroatoms. The topological polar surface area (TPSA) is 66.7 Å². The Balaban J connectivity index is 1.44. The molecule has 0 saturated carbocycles. The van der Waals surface area contributed by atoms with E-state index in [1.54, 1.807) is 23.9 Å². The fourth-order valence-electron chi connectivity index (χ4n) is 3.22. The number of hydrogen-bond donors (Lipinski definition) is 0. The average molecular weight is 400 g/mol. The minimum atomic E-state index is -0.393. The van der Waals surface area contributed by atoms with Crippen LogP contribution in [0.5, 0.6) is 0 Å². The second-order valence-electron chi connectivity index (χ2n) is 6.99. The zero-order valence-electron chi connectivity index (χ0n) is 16.3. The third-order valence-corrected chi connectivity index (χ3v) is 6.12. The molecule has 0 radical (unpaired) electrons. The third kappa shape index (κ3) is 5.04. The van der Waals surface area contributed by atoms with Gasteiger partial charge in [-0.2, -0.15) is 0 Å². The lowest BCUT2D eigenvalue weighted by atomic mass is 10.1. The van der Waals surface area contributed by atoms with Gasteiger partial charge in [-0.25, -0.2) is 0 Å². The van der Waals surface area contributed by atoms with Crippen molar-refractivity contribution in [1.29, 1.82) is 0 Å². The maximum Gasteiger partial charge on any atom is 0.269 e. The summed E-state index contributed by atoms with van der Waals surface area (Å²) in [5.41, 5.74) is 3.62. The van der Waals surface area contributed by atoms with Gasteiger partial charge in [-0.05, 0) is 49.2 Å². The molecule has 0 aliphatic carbocycles. The van der Waals surface area contributed by atoms with Crippen LogP contribution in [-0.2, 0) is 4.79 Å². The van der Waals surface area contributed by atoms with Crippen LogP contribution < -0.4 is 4.90 Å². The molecule has 0 atom stereocenters. The zero-order chi connectivity index (χ0) is 20.1. The number of amides is 1. The van der Waals surface area contributed by atoms with E-state index < -0.39 is 4.92 Å². The van der Waals surface area contributed by atoms with Gasteiger partial charge >= 0.3 is 0 Å². The minimum absolute atomic E-state index is 0.0961. The molecule has 0 aromatic heterocycles. The maximum absolute atomic E-state index is 12.5. The van der Waals surface area contributed by atoms with Crippen LogP contribution in [0.1, 0.15) is 17.5 Å². The zero-order valence-corrected chi connectivity index (χ0v) is 17.1. The van der Waals surface area contributed by atoms with Crippen molar-refractivity contribution in [3.05, 3.63) is 63.7 Å². The molecule has 2 aromatic rings. The molecule has 1 aliphatic heterocycles. The second kappa shape index (κ2) is 9.10. The van der Waals surface area contributed by atoms with Gasteiger partial charge in [-0.1, -0.05) is 6.07 Å². The van der Waals surface area contributed by atoms with Crippen molar-refractivity contribution in [2.45, 2.75) is 25.2 Å². The van der Waals surface area contributed by atoms with Crippen LogP contribution in [0.3, 0.4) is 0 Å². The number of carbonyl (C=O) groups is 1. The van der Waals surface area contributed by atoms with Crippen LogP contribution >= 0.6 is 11.8 Å². The molecule has 148 valence electrons. The first-order chi connectivity index (χ1) is 13.4. The smallest absolute Gasteiger partial charge is 0.269 e. The summed E-state index contributed by atoms with van der Waals surface area (Å²) in [6.07, 6.45) is 0.537. The van der Waals surface area contributed by atoms with Crippen LogP contribution in [0, 0.1) is 24.0 Å². The van der Waals surface area contributed by atoms with Crippen LogP contribution in [-0.4, -0.2) is 47.7 Å². The molecule has 2 aromatic carbocycles. The highest BCUT2D eigenvalue weighted by Crippen LogP contribution is 2.23. The Bertz CT molecular complexity index is 846. The summed E-state index contributed by atoms with van der Waals surface area (Å²) in [5.74, 6) is 0.976. The number of anilines is 1. The van der Waals surface area contributed by atoms with E-state index in [9.17, 15) is 14.9 Å². The van der Waals surface area contributed by atoms with Gasteiger partial charge in [0, 0.05) is 61.1 Å². The van der Waals surface area contributed by atoms with Crippen LogP contribution in [0.25, 0.3) is 0 Å². The van der Waals surface area contributed by atoms with E-state index in [0.717, 1.165) is 24.5 Å². The summed E-state index contributed by atoms with van der Waals surface area (Å²) in [6, 6.07) is 13.0. The number of aryl methyl sites for hydroxylation is 2. The fraction of sp³-hybridized carbons (Fsp3) is 0.381. The maximum atomic E-state index is 12.5. The summed E-state index contributed by atoms with van der Waals surface area (Å²) in [7, 11) is 0. The fourth-order valence-corrected chi connectivity index (χ4v) is 4.15. The third-order valence-electron chi connectivity index (χ3n) is 5.12. The lowest BCUT2D eigenvalue weighted by Crippen LogP contribution is -2.48. The monoisotopic (exact) mass is 399 g/mol. The van der Waals surface area contributed by atoms with Crippen molar-refractivity contribution in [3.63, 3.8) is 0 Å². The number of piperazine rings is 1. The number of hydrogen-bond acceptors (Lipinski definition) is 5. The van der Waals surface area contributed by atoms with Crippen molar-refractivity contribution < 1.29 is 9.72 Å². The number of non-ortho nitro benzene ring substituents is 1. The van der Waals surface area contributed by atoms with E-state index in [-0.39, 0.29) is 11.6 Å². The van der Waals surface area contributed by atoms with E-state index >= 15 is 0 Å². The lowest BCUT2D eigenvalue weighted by Gasteiger charge is -2.36. The van der Waals surface area contributed by atoms with Crippen LogP contribution in [0.2, 0.25) is 0 Å². The first kappa shape index (κ1) is 20.2. The number of carbonyl (C=O) groups excluding carboxylic acids is 1. The molecule has 0 bridgehead atoms. The number of benzene rings is 2. The normalized spacial score (nSPS) is 14.2. The molecule has 1 saturated heterocycles. The molecule has 1 amide bonds. The summed E-state index contributed by atoms with van der Waals surface area (Å²) >= 11 is 1.72. The van der Waals surface area contributed by atoms with Gasteiger partial charge in [0.05, 0.1) is 4.92 Å². The number of nitro benzene ring substituents is 1. The molecular weight excluding hydrogens is 374 g/mol. The van der Waals surface area contributed by atoms with E-state index in [2.05, 4.69) is 36.9 Å². The number of nitrogens with zero attached hydrogens (tertiary/aromatic N) is 3. The van der Waals surface area contributed by atoms with Crippen LogP contribution in [0.4, 0.5) is 11.4 Å². The highest BCUT2D eigenvalue weighted by molar-refractivity contribution is 7.99. The van der Waals surface area contributed by atoms with Crippen LogP contribution in [0.15, 0.2) is 47.4 Å². The summed E-state index contributed by atoms with van der Waals surface area (Å²) in [4.78, 5) is 28.2. The second-order valence-corrected chi connectivity index (χ2v) is 8.15. The molecule has 1 fully saturated rings. The van der Waals surface area contributed by atoms with Crippen molar-refractivity contribution >= 4 is 29.0 Å². The Morgan fingerprint density at radius 3 is 2.32 bits per heavy atom.